The summed E-state index contributed by atoms with van der Waals surface area (Å²) in [7, 11) is 0. The van der Waals surface area contributed by atoms with Crippen LogP contribution < -0.4 is 0 Å². The molecular formula is C28H44O8. The van der Waals surface area contributed by atoms with E-state index in [0.717, 1.165) is 12.0 Å². The van der Waals surface area contributed by atoms with Gasteiger partial charge in [0.05, 0.1) is 18.3 Å². The van der Waals surface area contributed by atoms with Gasteiger partial charge in [-0.05, 0) is 56.9 Å². The first-order valence-corrected chi connectivity index (χ1v) is 13.4. The Labute approximate surface area is 214 Å². The Morgan fingerprint density at radius 1 is 1.33 bits per heavy atom. The van der Waals surface area contributed by atoms with Crippen LogP contribution in [0.4, 0.5) is 0 Å². The maximum Gasteiger partial charge on any atom is 0.347 e. The van der Waals surface area contributed by atoms with Gasteiger partial charge in [0.2, 0.25) is 0 Å². The lowest BCUT2D eigenvalue weighted by molar-refractivity contribution is -0.202. The third-order valence-electron chi connectivity index (χ3n) is 8.46. The standard InChI is InChI=1S/C28H44O8/c1-7-9-23(31)34-20(8-2)27(32)36-22-13-19(30)16(4)12-21-24-15(3)10-11-18(17(5)14-29)25(24)26(35-21)28(22,6)33/h10,17-22,24-26,29-30,33H,4,7-9,11-14H2,1-3,5-6H3/t17-,18+,19-,20-,21+,22-,24+,25+,26+,28+/m0/s1. The molecule has 0 radical (unpaired) electrons. The number of hydrogen-bond acceptors (Lipinski definition) is 8. The number of aliphatic hydroxyl groups is 3. The molecule has 0 unspecified atom stereocenters. The summed E-state index contributed by atoms with van der Waals surface area (Å²) >= 11 is 0. The van der Waals surface area contributed by atoms with Crippen molar-refractivity contribution in [3.63, 3.8) is 0 Å². The number of aliphatic hydroxyl groups excluding tert-OH is 2. The van der Waals surface area contributed by atoms with Crippen LogP contribution in [0.15, 0.2) is 23.8 Å². The highest BCUT2D eigenvalue weighted by molar-refractivity contribution is 5.79. The summed E-state index contributed by atoms with van der Waals surface area (Å²) in [6.07, 6.45) is 0.157. The fourth-order valence-corrected chi connectivity index (χ4v) is 6.24. The summed E-state index contributed by atoms with van der Waals surface area (Å²) in [6, 6.07) is 0. The molecule has 2 bridgehead atoms. The van der Waals surface area contributed by atoms with Gasteiger partial charge in [-0.25, -0.2) is 4.79 Å². The number of rotatable bonds is 8. The number of allylic oxidation sites excluding steroid dienone is 1. The van der Waals surface area contributed by atoms with Gasteiger partial charge in [-0.2, -0.15) is 0 Å². The highest BCUT2D eigenvalue weighted by Crippen LogP contribution is 2.53. The second-order valence-corrected chi connectivity index (χ2v) is 11.1. The molecule has 3 rings (SSSR count). The Balaban J connectivity index is 1.96. The van der Waals surface area contributed by atoms with Crippen molar-refractivity contribution in [3.05, 3.63) is 23.8 Å². The fraction of sp³-hybridized carbons (Fsp3) is 0.786. The third-order valence-corrected chi connectivity index (χ3v) is 8.46. The average molecular weight is 509 g/mol. The first-order valence-electron chi connectivity index (χ1n) is 13.4. The van der Waals surface area contributed by atoms with Crippen LogP contribution in [0.1, 0.15) is 73.1 Å². The van der Waals surface area contributed by atoms with Crippen LogP contribution in [0.5, 0.6) is 0 Å². The average Bonchev–Trinajstić information content (AvgIpc) is 3.22. The van der Waals surface area contributed by atoms with E-state index in [1.54, 1.807) is 13.8 Å². The van der Waals surface area contributed by atoms with Crippen LogP contribution in [0.3, 0.4) is 0 Å². The van der Waals surface area contributed by atoms with Gasteiger partial charge in [0.15, 0.2) is 6.10 Å². The number of carbonyl (C=O) groups excluding carboxylic acids is 2. The van der Waals surface area contributed by atoms with Crippen molar-refractivity contribution in [2.45, 2.75) is 109 Å². The molecule has 1 aliphatic carbocycles. The lowest BCUT2D eigenvalue weighted by Gasteiger charge is -2.45. The molecule has 36 heavy (non-hydrogen) atoms. The first-order chi connectivity index (χ1) is 17.0. The molecule has 2 aliphatic heterocycles. The molecule has 10 atom stereocenters. The summed E-state index contributed by atoms with van der Waals surface area (Å²) in [5.74, 6) is -1.29. The quantitative estimate of drug-likeness (QED) is 0.338. The molecule has 0 amide bonds. The first kappa shape index (κ1) is 28.8. The third kappa shape index (κ3) is 5.72. The molecule has 3 aliphatic rings. The lowest BCUT2D eigenvalue weighted by Crippen LogP contribution is -2.57. The molecular weight excluding hydrogens is 464 g/mol. The SMILES string of the molecule is C=C1C[C@H]2O[C@H]([C@@H]3[C@@H]([C@@H](C)CO)CC=C(C)[C@@H]32)[C@](C)(O)[C@@H](OC(=O)[C@H](CC)OC(=O)CCC)C[C@@H]1O. The molecule has 0 spiro atoms. The predicted molar refractivity (Wildman–Crippen MR) is 134 cm³/mol. The van der Waals surface area contributed by atoms with Crippen molar-refractivity contribution in [2.75, 3.05) is 6.61 Å². The Hall–Kier alpha value is -1.74. The molecule has 0 saturated carbocycles. The van der Waals surface area contributed by atoms with Crippen LogP contribution in [-0.4, -0.2) is 70.0 Å². The van der Waals surface area contributed by atoms with Gasteiger partial charge in [0.1, 0.15) is 11.7 Å². The van der Waals surface area contributed by atoms with Crippen molar-refractivity contribution < 1.29 is 39.1 Å². The van der Waals surface area contributed by atoms with Crippen molar-refractivity contribution >= 4 is 11.9 Å². The van der Waals surface area contributed by atoms with Gasteiger partial charge in [-0.15, -0.1) is 0 Å². The summed E-state index contributed by atoms with van der Waals surface area (Å²) in [4.78, 5) is 25.1. The van der Waals surface area contributed by atoms with E-state index in [4.69, 9.17) is 14.2 Å². The van der Waals surface area contributed by atoms with E-state index < -0.39 is 42.0 Å². The van der Waals surface area contributed by atoms with Crippen LogP contribution in [-0.2, 0) is 23.8 Å². The number of esters is 2. The normalized spacial score (nSPS) is 38.1. The predicted octanol–water partition coefficient (Wildman–Crippen LogP) is 3.08. The lowest BCUT2D eigenvalue weighted by atomic mass is 9.62. The molecule has 2 heterocycles. The van der Waals surface area contributed by atoms with Crippen molar-refractivity contribution in [1.29, 1.82) is 0 Å². The van der Waals surface area contributed by atoms with E-state index in [1.807, 2.05) is 13.8 Å². The molecule has 3 N–H and O–H groups in total. The summed E-state index contributed by atoms with van der Waals surface area (Å²) in [5.41, 5.74) is 0.0788. The zero-order valence-electron chi connectivity index (χ0n) is 22.3. The van der Waals surface area contributed by atoms with Gasteiger partial charge in [-0.3, -0.25) is 4.79 Å². The Morgan fingerprint density at radius 3 is 2.64 bits per heavy atom. The van der Waals surface area contributed by atoms with E-state index in [1.165, 1.54) is 0 Å². The molecule has 2 saturated heterocycles. The van der Waals surface area contributed by atoms with Crippen molar-refractivity contribution in [2.24, 2.45) is 23.7 Å². The maximum absolute atomic E-state index is 13.1. The largest absolute Gasteiger partial charge is 0.456 e. The Bertz CT molecular complexity index is 848. The second kappa shape index (κ2) is 11.8. The molecule has 0 aromatic carbocycles. The van der Waals surface area contributed by atoms with Crippen molar-refractivity contribution in [1.82, 2.24) is 0 Å². The molecule has 0 aromatic rings. The highest BCUT2D eigenvalue weighted by Gasteiger charge is 2.60. The van der Waals surface area contributed by atoms with Gasteiger partial charge in [0.25, 0.3) is 0 Å². The maximum atomic E-state index is 13.1. The second-order valence-electron chi connectivity index (χ2n) is 11.1. The summed E-state index contributed by atoms with van der Waals surface area (Å²) in [6.45, 7) is 13.3. The molecule has 8 nitrogen and oxygen atoms in total. The molecule has 2 fully saturated rings. The fourth-order valence-electron chi connectivity index (χ4n) is 6.24. The highest BCUT2D eigenvalue weighted by atomic mass is 16.6. The van der Waals surface area contributed by atoms with Crippen LogP contribution in [0, 0.1) is 23.7 Å². The number of hydrogen-bond donors (Lipinski definition) is 3. The number of carbonyl (C=O) groups is 2. The van der Waals surface area contributed by atoms with Gasteiger partial charge in [-0.1, -0.05) is 39.0 Å². The van der Waals surface area contributed by atoms with Gasteiger partial charge < -0.3 is 29.5 Å². The minimum atomic E-state index is -1.64. The Morgan fingerprint density at radius 2 is 2.03 bits per heavy atom. The van der Waals surface area contributed by atoms with Crippen LogP contribution >= 0.6 is 0 Å². The van der Waals surface area contributed by atoms with E-state index in [-0.39, 0.29) is 55.6 Å². The van der Waals surface area contributed by atoms with E-state index in [9.17, 15) is 24.9 Å². The zero-order chi connectivity index (χ0) is 26.8. The van der Waals surface area contributed by atoms with E-state index in [0.29, 0.717) is 18.4 Å². The van der Waals surface area contributed by atoms with Crippen LogP contribution in [0.2, 0.25) is 0 Å². The molecule has 0 aromatic heterocycles. The monoisotopic (exact) mass is 508 g/mol. The minimum absolute atomic E-state index is 0.00832. The minimum Gasteiger partial charge on any atom is -0.456 e. The molecule has 8 heteroatoms. The van der Waals surface area contributed by atoms with Gasteiger partial charge >= 0.3 is 11.9 Å². The van der Waals surface area contributed by atoms with Gasteiger partial charge in [0, 0.05) is 31.3 Å². The zero-order valence-corrected chi connectivity index (χ0v) is 22.3. The summed E-state index contributed by atoms with van der Waals surface area (Å²) in [5, 5.41) is 32.9. The molecule has 204 valence electrons. The van der Waals surface area contributed by atoms with Crippen molar-refractivity contribution in [3.8, 4) is 0 Å². The number of fused-ring (bicyclic) bond motifs is 5. The van der Waals surface area contributed by atoms with Crippen LogP contribution in [0.25, 0.3) is 0 Å². The van der Waals surface area contributed by atoms with E-state index in [2.05, 4.69) is 19.6 Å². The Kier molecular flexibility index (Phi) is 9.41. The smallest absolute Gasteiger partial charge is 0.347 e. The number of ether oxygens (including phenoxy) is 3. The summed E-state index contributed by atoms with van der Waals surface area (Å²) < 4.78 is 17.7. The topological polar surface area (TPSA) is 123 Å². The van der Waals surface area contributed by atoms with E-state index >= 15 is 0 Å².